The van der Waals surface area contributed by atoms with Crippen molar-refractivity contribution in [1.29, 1.82) is 5.26 Å². The molecule has 2 rings (SSSR count). The lowest BCUT2D eigenvalue weighted by atomic mass is 10.1. The van der Waals surface area contributed by atoms with Crippen molar-refractivity contribution in [2.24, 2.45) is 7.05 Å². The summed E-state index contributed by atoms with van der Waals surface area (Å²) in [4.78, 5) is 12.1. The van der Waals surface area contributed by atoms with Crippen molar-refractivity contribution in [2.45, 2.75) is 32.8 Å². The van der Waals surface area contributed by atoms with Crippen LogP contribution in [-0.4, -0.2) is 29.7 Å². The van der Waals surface area contributed by atoms with Crippen LogP contribution in [0, 0.1) is 25.2 Å². The van der Waals surface area contributed by atoms with E-state index in [0.717, 1.165) is 36.4 Å². The third-order valence-electron chi connectivity index (χ3n) is 3.99. The smallest absolute Gasteiger partial charge is 0.262 e. The van der Waals surface area contributed by atoms with Gasteiger partial charge in [0.1, 0.15) is 11.6 Å². The Hall–Kier alpha value is -2.06. The highest BCUT2D eigenvalue weighted by Crippen LogP contribution is 2.17. The van der Waals surface area contributed by atoms with Gasteiger partial charge in [-0.2, -0.15) is 5.26 Å². The molecule has 0 radical (unpaired) electrons. The Balaban J connectivity index is 2.07. The van der Waals surface area contributed by atoms with Crippen LogP contribution in [0.2, 0.25) is 0 Å². The second kappa shape index (κ2) is 6.59. The van der Waals surface area contributed by atoms with Gasteiger partial charge in [-0.15, -0.1) is 0 Å². The van der Waals surface area contributed by atoms with E-state index in [0.29, 0.717) is 6.54 Å². The van der Waals surface area contributed by atoms with Crippen molar-refractivity contribution < 1.29 is 9.53 Å². The summed E-state index contributed by atoms with van der Waals surface area (Å²) in [5, 5.41) is 12.0. The molecule has 1 aromatic rings. The number of nitrogens with one attached hydrogen (secondary N) is 1. The molecule has 0 aliphatic carbocycles. The molecular weight excluding hydrogens is 266 g/mol. The van der Waals surface area contributed by atoms with Gasteiger partial charge in [0.25, 0.3) is 5.91 Å². The van der Waals surface area contributed by atoms with E-state index in [1.54, 1.807) is 6.08 Å². The van der Waals surface area contributed by atoms with E-state index < -0.39 is 0 Å². The van der Waals surface area contributed by atoms with Crippen LogP contribution in [0.15, 0.2) is 11.6 Å². The first-order valence-electron chi connectivity index (χ1n) is 7.17. The maximum Gasteiger partial charge on any atom is 0.262 e. The van der Waals surface area contributed by atoms with Crippen LogP contribution in [-0.2, 0) is 16.6 Å². The van der Waals surface area contributed by atoms with Gasteiger partial charge in [-0.1, -0.05) is 0 Å². The largest absolute Gasteiger partial charge is 0.376 e. The summed E-state index contributed by atoms with van der Waals surface area (Å²) < 4.78 is 7.49. The van der Waals surface area contributed by atoms with Crippen molar-refractivity contribution in [3.63, 3.8) is 0 Å². The van der Waals surface area contributed by atoms with Crippen LogP contribution >= 0.6 is 0 Å². The second-order valence-corrected chi connectivity index (χ2v) is 5.40. The molecule has 0 unspecified atom stereocenters. The molecular formula is C16H21N3O2. The van der Waals surface area contributed by atoms with Gasteiger partial charge in [-0.25, -0.2) is 0 Å². The van der Waals surface area contributed by atoms with Crippen LogP contribution in [0.1, 0.15) is 29.8 Å². The van der Waals surface area contributed by atoms with Crippen molar-refractivity contribution in [1.82, 2.24) is 9.88 Å². The molecule has 1 fully saturated rings. The summed E-state index contributed by atoms with van der Waals surface area (Å²) in [5.41, 5.74) is 3.16. The number of nitriles is 1. The molecule has 5 nitrogen and oxygen atoms in total. The molecule has 0 spiro atoms. The molecule has 2 heterocycles. The van der Waals surface area contributed by atoms with Crippen molar-refractivity contribution in [3.05, 3.63) is 28.6 Å². The van der Waals surface area contributed by atoms with E-state index in [9.17, 15) is 10.1 Å². The zero-order valence-corrected chi connectivity index (χ0v) is 12.8. The SMILES string of the molecule is Cc1cc(/C=C(\C#N)C(=O)NC[C@@H]2CCCO2)c(C)n1C. The Kier molecular flexibility index (Phi) is 4.81. The molecule has 1 aromatic heterocycles. The third-order valence-corrected chi connectivity index (χ3v) is 3.99. The number of rotatable bonds is 4. The fourth-order valence-electron chi connectivity index (χ4n) is 2.44. The van der Waals surface area contributed by atoms with Gasteiger partial charge in [0.05, 0.1) is 6.10 Å². The van der Waals surface area contributed by atoms with Crippen molar-refractivity contribution >= 4 is 12.0 Å². The third kappa shape index (κ3) is 3.53. The molecule has 0 bridgehead atoms. The number of aryl methyl sites for hydroxylation is 1. The highest BCUT2D eigenvalue weighted by Gasteiger charge is 2.18. The topological polar surface area (TPSA) is 67.1 Å². The van der Waals surface area contributed by atoms with Gasteiger partial charge >= 0.3 is 0 Å². The summed E-state index contributed by atoms with van der Waals surface area (Å²) in [5.74, 6) is -0.339. The predicted octanol–water partition coefficient (Wildman–Crippen LogP) is 1.84. The molecule has 112 valence electrons. The lowest BCUT2D eigenvalue weighted by Gasteiger charge is -2.10. The number of nitrogens with zero attached hydrogens (tertiary/aromatic N) is 2. The first-order chi connectivity index (χ1) is 10.0. The minimum Gasteiger partial charge on any atom is -0.376 e. The van der Waals surface area contributed by atoms with E-state index in [2.05, 4.69) is 5.32 Å². The highest BCUT2D eigenvalue weighted by atomic mass is 16.5. The average Bonchev–Trinajstić information content (AvgIpc) is 3.07. The Bertz CT molecular complexity index is 602. The fraction of sp³-hybridized carbons (Fsp3) is 0.500. The number of carbonyl (C=O) groups excluding carboxylic acids is 1. The van der Waals surface area contributed by atoms with E-state index in [1.807, 2.05) is 37.6 Å². The number of amides is 1. The molecule has 21 heavy (non-hydrogen) atoms. The minimum absolute atomic E-state index is 0.0783. The molecule has 5 heteroatoms. The first-order valence-corrected chi connectivity index (χ1v) is 7.17. The molecule has 1 atom stereocenters. The molecule has 1 N–H and O–H groups in total. The van der Waals surface area contributed by atoms with E-state index in [1.165, 1.54) is 0 Å². The first kappa shape index (κ1) is 15.3. The lowest BCUT2D eigenvalue weighted by Crippen LogP contribution is -2.32. The van der Waals surface area contributed by atoms with Gasteiger partial charge in [0, 0.05) is 31.6 Å². The van der Waals surface area contributed by atoms with Crippen molar-refractivity contribution in [3.8, 4) is 6.07 Å². The second-order valence-electron chi connectivity index (χ2n) is 5.40. The van der Waals surface area contributed by atoms with Crippen LogP contribution in [0.25, 0.3) is 6.08 Å². The van der Waals surface area contributed by atoms with Gasteiger partial charge in [0.2, 0.25) is 0 Å². The van der Waals surface area contributed by atoms with E-state index >= 15 is 0 Å². The van der Waals surface area contributed by atoms with E-state index in [4.69, 9.17) is 4.74 Å². The zero-order valence-electron chi connectivity index (χ0n) is 12.8. The quantitative estimate of drug-likeness (QED) is 0.679. The molecule has 0 saturated carbocycles. The number of hydrogen-bond donors (Lipinski definition) is 1. The number of hydrogen-bond acceptors (Lipinski definition) is 3. The number of carbonyl (C=O) groups is 1. The minimum atomic E-state index is -0.339. The molecule has 1 saturated heterocycles. The summed E-state index contributed by atoms with van der Waals surface area (Å²) in [6.45, 7) is 5.18. The van der Waals surface area contributed by atoms with Gasteiger partial charge < -0.3 is 14.6 Å². The van der Waals surface area contributed by atoms with E-state index in [-0.39, 0.29) is 17.6 Å². The fourth-order valence-corrected chi connectivity index (χ4v) is 2.44. The Labute approximate surface area is 125 Å². The highest BCUT2D eigenvalue weighted by molar-refractivity contribution is 6.01. The van der Waals surface area contributed by atoms with Crippen LogP contribution < -0.4 is 5.32 Å². The molecule has 1 amide bonds. The summed E-state index contributed by atoms with van der Waals surface area (Å²) in [7, 11) is 1.96. The number of ether oxygens (including phenoxy) is 1. The Morgan fingerprint density at radius 1 is 1.62 bits per heavy atom. The molecule has 1 aliphatic rings. The van der Waals surface area contributed by atoms with Crippen LogP contribution in [0.5, 0.6) is 0 Å². The monoisotopic (exact) mass is 287 g/mol. The Morgan fingerprint density at radius 3 is 2.90 bits per heavy atom. The van der Waals surface area contributed by atoms with Crippen LogP contribution in [0.3, 0.4) is 0 Å². The maximum atomic E-state index is 12.1. The van der Waals surface area contributed by atoms with Gasteiger partial charge in [0.15, 0.2) is 0 Å². The zero-order chi connectivity index (χ0) is 15.4. The normalized spacial score (nSPS) is 18.6. The van der Waals surface area contributed by atoms with Gasteiger partial charge in [-0.05, 0) is 44.4 Å². The Morgan fingerprint density at radius 2 is 2.38 bits per heavy atom. The summed E-state index contributed by atoms with van der Waals surface area (Å²) in [6, 6.07) is 3.95. The molecule has 1 aliphatic heterocycles. The molecule has 0 aromatic carbocycles. The van der Waals surface area contributed by atoms with Gasteiger partial charge in [-0.3, -0.25) is 4.79 Å². The average molecular weight is 287 g/mol. The summed E-state index contributed by atoms with van der Waals surface area (Å²) >= 11 is 0. The van der Waals surface area contributed by atoms with Crippen molar-refractivity contribution in [2.75, 3.05) is 13.2 Å². The standard InChI is InChI=1S/C16H21N3O2/c1-11-7-13(12(2)19(11)3)8-14(9-17)16(20)18-10-15-5-4-6-21-15/h7-8,15H,4-6,10H2,1-3H3,(H,18,20)/b14-8+/t15-/m0/s1. The maximum absolute atomic E-state index is 12.1. The predicted molar refractivity (Wildman–Crippen MR) is 80.5 cm³/mol. The summed E-state index contributed by atoms with van der Waals surface area (Å²) in [6.07, 6.45) is 3.72. The van der Waals surface area contributed by atoms with Crippen LogP contribution in [0.4, 0.5) is 0 Å². The number of aromatic nitrogens is 1. The lowest BCUT2D eigenvalue weighted by molar-refractivity contribution is -0.117.